The summed E-state index contributed by atoms with van der Waals surface area (Å²) in [6.45, 7) is 4.14. The number of benzene rings is 1. The molecule has 1 heterocycles. The van der Waals surface area contributed by atoms with Gasteiger partial charge in [-0.3, -0.25) is 5.10 Å². The Balaban J connectivity index is 2.06. The third-order valence-electron chi connectivity index (χ3n) is 3.63. The Morgan fingerprint density at radius 2 is 2.00 bits per heavy atom. The lowest BCUT2D eigenvalue weighted by Gasteiger charge is -2.22. The molecule has 1 aromatic carbocycles. The molecule has 0 aliphatic heterocycles. The van der Waals surface area contributed by atoms with Crippen molar-refractivity contribution in [2.24, 2.45) is 0 Å². The zero-order chi connectivity index (χ0) is 15.5. The molecule has 0 spiro atoms. The molecule has 1 aromatic heterocycles. The van der Waals surface area contributed by atoms with Gasteiger partial charge in [-0.15, -0.1) is 0 Å². The van der Waals surface area contributed by atoms with Crippen LogP contribution in [0.15, 0.2) is 30.3 Å². The Bertz CT molecular complexity index is 615. The van der Waals surface area contributed by atoms with Crippen LogP contribution in [0.2, 0.25) is 0 Å². The van der Waals surface area contributed by atoms with Gasteiger partial charge in [0.15, 0.2) is 0 Å². The highest BCUT2D eigenvalue weighted by Crippen LogP contribution is 2.21. The molecule has 5 heteroatoms. The van der Waals surface area contributed by atoms with Crippen molar-refractivity contribution in [2.75, 3.05) is 7.11 Å². The van der Waals surface area contributed by atoms with Crippen LogP contribution in [0.3, 0.4) is 0 Å². The maximum atomic E-state index is 10.8. The number of hydrogen-bond donors (Lipinski definition) is 2. The molecule has 0 atom stereocenters. The van der Waals surface area contributed by atoms with Crippen molar-refractivity contribution in [1.82, 2.24) is 10.2 Å². The molecule has 0 fully saturated rings. The van der Waals surface area contributed by atoms with Gasteiger partial charge in [-0.05, 0) is 38.3 Å². The lowest BCUT2D eigenvalue weighted by atomic mass is 9.97. The number of H-pyrrole nitrogens is 1. The van der Waals surface area contributed by atoms with Crippen LogP contribution in [0, 0.1) is 0 Å². The quantitative estimate of drug-likeness (QED) is 0.856. The van der Waals surface area contributed by atoms with Crippen LogP contribution in [0.5, 0.6) is 0 Å². The first-order chi connectivity index (χ1) is 9.91. The number of nitrogens with zero attached hydrogens (tertiary/aromatic N) is 1. The maximum Gasteiger partial charge on any atom is 0.353 e. The van der Waals surface area contributed by atoms with Crippen LogP contribution in [-0.2, 0) is 11.2 Å². The highest BCUT2D eigenvalue weighted by molar-refractivity contribution is 5.86. The van der Waals surface area contributed by atoms with Crippen LogP contribution in [0.1, 0.15) is 36.3 Å². The van der Waals surface area contributed by atoms with E-state index in [-0.39, 0.29) is 11.3 Å². The van der Waals surface area contributed by atoms with Gasteiger partial charge >= 0.3 is 5.97 Å². The summed E-state index contributed by atoms with van der Waals surface area (Å²) in [5, 5.41) is 15.4. The number of ether oxygens (including phenoxy) is 1. The summed E-state index contributed by atoms with van der Waals surface area (Å²) in [5.41, 5.74) is 2.72. The Morgan fingerprint density at radius 3 is 2.52 bits per heavy atom. The lowest BCUT2D eigenvalue weighted by molar-refractivity contribution is 0.0158. The molecular formula is C16H20N2O3. The van der Waals surface area contributed by atoms with Gasteiger partial charge in [-0.1, -0.05) is 24.3 Å². The van der Waals surface area contributed by atoms with Crippen molar-refractivity contribution in [2.45, 2.75) is 32.3 Å². The normalized spacial score (nSPS) is 11.6. The highest BCUT2D eigenvalue weighted by Gasteiger charge is 2.16. The van der Waals surface area contributed by atoms with Crippen molar-refractivity contribution in [1.29, 1.82) is 0 Å². The van der Waals surface area contributed by atoms with E-state index < -0.39 is 5.97 Å². The third-order valence-corrected chi connectivity index (χ3v) is 3.63. The topological polar surface area (TPSA) is 75.2 Å². The van der Waals surface area contributed by atoms with E-state index in [0.29, 0.717) is 5.69 Å². The highest BCUT2D eigenvalue weighted by atomic mass is 16.5. The molecule has 0 saturated heterocycles. The van der Waals surface area contributed by atoms with E-state index in [2.05, 4.69) is 24.0 Å². The molecule has 0 aliphatic rings. The molecule has 0 unspecified atom stereocenters. The number of aromatic nitrogens is 2. The number of carboxylic acids is 1. The second-order valence-corrected chi connectivity index (χ2v) is 5.63. The zero-order valence-electron chi connectivity index (χ0n) is 12.5. The fourth-order valence-electron chi connectivity index (χ4n) is 1.97. The fourth-order valence-corrected chi connectivity index (χ4v) is 1.97. The molecule has 0 bridgehead atoms. The number of carbonyl (C=O) groups is 1. The zero-order valence-corrected chi connectivity index (χ0v) is 12.5. The number of aromatic carboxylic acids is 1. The van der Waals surface area contributed by atoms with Crippen molar-refractivity contribution < 1.29 is 14.6 Å². The SMILES string of the molecule is COC(C)(C)CCc1ccc(-c2cc(C(=O)O)[nH]n2)cc1. The van der Waals surface area contributed by atoms with Crippen LogP contribution >= 0.6 is 0 Å². The minimum absolute atomic E-state index is 0.0934. The molecule has 112 valence electrons. The van der Waals surface area contributed by atoms with Gasteiger partial charge in [-0.2, -0.15) is 5.10 Å². The summed E-state index contributed by atoms with van der Waals surface area (Å²) >= 11 is 0. The van der Waals surface area contributed by atoms with Gasteiger partial charge in [0, 0.05) is 12.7 Å². The smallest absolute Gasteiger partial charge is 0.353 e. The van der Waals surface area contributed by atoms with Crippen LogP contribution < -0.4 is 0 Å². The van der Waals surface area contributed by atoms with Gasteiger partial charge in [-0.25, -0.2) is 4.79 Å². The Labute approximate surface area is 124 Å². The molecule has 21 heavy (non-hydrogen) atoms. The van der Waals surface area contributed by atoms with E-state index >= 15 is 0 Å². The fraction of sp³-hybridized carbons (Fsp3) is 0.375. The first-order valence-electron chi connectivity index (χ1n) is 6.84. The largest absolute Gasteiger partial charge is 0.477 e. The molecule has 2 rings (SSSR count). The van der Waals surface area contributed by atoms with Gasteiger partial charge in [0.2, 0.25) is 0 Å². The van der Waals surface area contributed by atoms with E-state index in [1.165, 1.54) is 11.6 Å². The average Bonchev–Trinajstić information content (AvgIpc) is 2.96. The van der Waals surface area contributed by atoms with Crippen molar-refractivity contribution in [3.63, 3.8) is 0 Å². The third kappa shape index (κ3) is 3.92. The van der Waals surface area contributed by atoms with Crippen LogP contribution in [0.25, 0.3) is 11.3 Å². The van der Waals surface area contributed by atoms with Crippen molar-refractivity contribution >= 4 is 5.97 Å². The van der Waals surface area contributed by atoms with E-state index in [0.717, 1.165) is 18.4 Å². The van der Waals surface area contributed by atoms with E-state index in [9.17, 15) is 4.79 Å². The first-order valence-corrected chi connectivity index (χ1v) is 6.84. The number of nitrogens with one attached hydrogen (secondary N) is 1. The van der Waals surface area contributed by atoms with Crippen LogP contribution in [0.4, 0.5) is 0 Å². The summed E-state index contributed by atoms with van der Waals surface area (Å²) in [4.78, 5) is 10.8. The monoisotopic (exact) mass is 288 g/mol. The van der Waals surface area contributed by atoms with Crippen molar-refractivity contribution in [3.8, 4) is 11.3 Å². The van der Waals surface area contributed by atoms with Crippen LogP contribution in [-0.4, -0.2) is 34.0 Å². The summed E-state index contributed by atoms with van der Waals surface area (Å²) in [7, 11) is 1.72. The maximum absolute atomic E-state index is 10.8. The molecule has 0 aliphatic carbocycles. The van der Waals surface area contributed by atoms with Gasteiger partial charge < -0.3 is 9.84 Å². The molecule has 2 aromatic rings. The molecule has 5 nitrogen and oxygen atoms in total. The van der Waals surface area contributed by atoms with Crippen molar-refractivity contribution in [3.05, 3.63) is 41.6 Å². The number of methoxy groups -OCH3 is 1. The molecule has 0 saturated carbocycles. The Kier molecular flexibility index (Phi) is 4.43. The summed E-state index contributed by atoms with van der Waals surface area (Å²) in [5.74, 6) is -1.01. The van der Waals surface area contributed by atoms with E-state index in [4.69, 9.17) is 9.84 Å². The molecule has 0 radical (unpaired) electrons. The predicted molar refractivity (Wildman–Crippen MR) is 80.4 cm³/mol. The van der Waals surface area contributed by atoms with E-state index in [1.807, 2.05) is 24.3 Å². The minimum atomic E-state index is -1.01. The number of rotatable bonds is 6. The van der Waals surface area contributed by atoms with Gasteiger partial charge in [0.05, 0.1) is 11.3 Å². The van der Waals surface area contributed by atoms with Gasteiger partial charge in [0.25, 0.3) is 0 Å². The predicted octanol–water partition coefficient (Wildman–Crippen LogP) is 3.13. The summed E-state index contributed by atoms with van der Waals surface area (Å²) < 4.78 is 5.41. The number of aryl methyl sites for hydroxylation is 1. The summed E-state index contributed by atoms with van der Waals surface area (Å²) in [6.07, 6.45) is 1.87. The number of hydrogen-bond acceptors (Lipinski definition) is 3. The van der Waals surface area contributed by atoms with Gasteiger partial charge in [0.1, 0.15) is 5.69 Å². The number of aromatic amines is 1. The Morgan fingerprint density at radius 1 is 1.33 bits per heavy atom. The first kappa shape index (κ1) is 15.3. The Hall–Kier alpha value is -2.14. The second kappa shape index (κ2) is 6.10. The standard InChI is InChI=1S/C16H20N2O3/c1-16(2,21-3)9-8-11-4-6-12(7-5-11)13-10-14(15(19)20)18-17-13/h4-7,10H,8-9H2,1-3H3,(H,17,18)(H,19,20). The minimum Gasteiger partial charge on any atom is -0.477 e. The molecular weight excluding hydrogens is 268 g/mol. The summed E-state index contributed by atoms with van der Waals surface area (Å²) in [6, 6.07) is 9.52. The van der Waals surface area contributed by atoms with E-state index in [1.54, 1.807) is 7.11 Å². The molecule has 0 amide bonds. The average molecular weight is 288 g/mol. The molecule has 2 N–H and O–H groups in total. The number of carboxylic acid groups (broad SMARTS) is 1. The lowest BCUT2D eigenvalue weighted by Crippen LogP contribution is -2.22. The second-order valence-electron chi connectivity index (χ2n) is 5.63.